The molecule has 2 amide bonds. The number of carbonyl (C=O) groups is 2. The molecule has 0 aliphatic carbocycles. The van der Waals surface area contributed by atoms with Crippen LogP contribution in [0.25, 0.3) is 0 Å². The predicted octanol–water partition coefficient (Wildman–Crippen LogP) is 2.36. The number of nitrogens with zero attached hydrogens (tertiary/aromatic N) is 3. The molecule has 1 heterocycles. The van der Waals surface area contributed by atoms with Crippen LogP contribution >= 0.6 is 11.3 Å². The first kappa shape index (κ1) is 16.4. The van der Waals surface area contributed by atoms with Crippen LogP contribution in [0.1, 0.15) is 10.4 Å². The van der Waals surface area contributed by atoms with E-state index >= 15 is 0 Å². The number of amides is 2. The van der Waals surface area contributed by atoms with E-state index in [0.717, 1.165) is 17.5 Å². The molecule has 2 aromatic rings. The van der Waals surface area contributed by atoms with Crippen LogP contribution in [0.5, 0.6) is 5.75 Å². The monoisotopic (exact) mass is 336 g/mol. The summed E-state index contributed by atoms with van der Waals surface area (Å²) in [4.78, 5) is 38.8. The normalized spacial score (nSPS) is 10.0. The second-order valence-electron chi connectivity index (χ2n) is 4.47. The molecule has 1 aromatic heterocycles. The van der Waals surface area contributed by atoms with Gasteiger partial charge in [0.25, 0.3) is 5.91 Å². The molecule has 0 spiro atoms. The molecule has 10 heteroatoms. The van der Waals surface area contributed by atoms with Gasteiger partial charge in [-0.15, -0.1) is 0 Å². The number of hydrogen-bond donors (Lipinski definition) is 1. The molecular weight excluding hydrogens is 324 g/mol. The summed E-state index contributed by atoms with van der Waals surface area (Å²) in [5.41, 5.74) is 0.112. The summed E-state index contributed by atoms with van der Waals surface area (Å²) in [5, 5.41) is 12.9. The van der Waals surface area contributed by atoms with Crippen molar-refractivity contribution in [2.75, 3.05) is 19.4 Å². The van der Waals surface area contributed by atoms with Crippen molar-refractivity contribution >= 4 is 33.5 Å². The van der Waals surface area contributed by atoms with Crippen molar-refractivity contribution < 1.29 is 19.2 Å². The first-order chi connectivity index (χ1) is 10.9. The number of nitro groups is 1. The average Bonchev–Trinajstić information content (AvgIpc) is 2.96. The molecule has 23 heavy (non-hydrogen) atoms. The first-order valence-electron chi connectivity index (χ1n) is 6.28. The van der Waals surface area contributed by atoms with Crippen molar-refractivity contribution in [3.05, 3.63) is 46.1 Å². The van der Waals surface area contributed by atoms with Gasteiger partial charge in [0, 0.05) is 14.1 Å². The number of para-hydroxylation sites is 1. The molecule has 0 aliphatic rings. The Labute approximate surface area is 134 Å². The van der Waals surface area contributed by atoms with Crippen LogP contribution in [0.4, 0.5) is 14.9 Å². The fourth-order valence-electron chi connectivity index (χ4n) is 1.50. The third kappa shape index (κ3) is 4.01. The van der Waals surface area contributed by atoms with Crippen LogP contribution < -0.4 is 10.1 Å². The van der Waals surface area contributed by atoms with Gasteiger partial charge in [0.1, 0.15) is 11.9 Å². The smallest absolute Gasteiger partial charge is 0.409 e. The SMILES string of the molecule is CN(C)C(=O)Oc1ccccc1C(=O)Nc1ncc([N+](=O)[O-])s1. The Balaban J connectivity index is 2.18. The maximum absolute atomic E-state index is 12.2. The lowest BCUT2D eigenvalue weighted by atomic mass is 10.2. The zero-order valence-electron chi connectivity index (χ0n) is 12.2. The molecule has 0 saturated heterocycles. The fourth-order valence-corrected chi connectivity index (χ4v) is 2.13. The standard InChI is InChI=1S/C13H12N4O5S/c1-16(2)13(19)22-9-6-4-3-5-8(9)11(18)15-12-14-7-10(23-12)17(20)21/h3-7H,1-2H3,(H,14,15,18). The van der Waals surface area contributed by atoms with Crippen molar-refractivity contribution in [3.8, 4) is 5.75 Å². The highest BCUT2D eigenvalue weighted by molar-refractivity contribution is 7.18. The summed E-state index contributed by atoms with van der Waals surface area (Å²) in [6.07, 6.45) is 0.424. The van der Waals surface area contributed by atoms with Gasteiger partial charge in [-0.05, 0) is 23.5 Å². The van der Waals surface area contributed by atoms with Crippen molar-refractivity contribution in [2.45, 2.75) is 0 Å². The minimum absolute atomic E-state index is 0.0785. The largest absolute Gasteiger partial charge is 0.414 e. The molecule has 0 aliphatic heterocycles. The molecule has 120 valence electrons. The highest BCUT2D eigenvalue weighted by atomic mass is 32.1. The van der Waals surface area contributed by atoms with Gasteiger partial charge in [0.15, 0.2) is 5.13 Å². The van der Waals surface area contributed by atoms with Gasteiger partial charge in [-0.25, -0.2) is 9.78 Å². The molecule has 0 radical (unpaired) electrons. The maximum atomic E-state index is 12.2. The van der Waals surface area contributed by atoms with Crippen LogP contribution in [-0.2, 0) is 0 Å². The van der Waals surface area contributed by atoms with Crippen LogP contribution in [0.2, 0.25) is 0 Å². The molecule has 0 bridgehead atoms. The van der Waals surface area contributed by atoms with Crippen molar-refractivity contribution in [2.24, 2.45) is 0 Å². The van der Waals surface area contributed by atoms with E-state index in [9.17, 15) is 19.7 Å². The molecule has 0 atom stereocenters. The van der Waals surface area contributed by atoms with E-state index in [1.54, 1.807) is 12.1 Å². The summed E-state index contributed by atoms with van der Waals surface area (Å²) < 4.78 is 5.11. The number of ether oxygens (including phenoxy) is 1. The van der Waals surface area contributed by atoms with Crippen LogP contribution in [-0.4, -0.2) is 40.9 Å². The first-order valence-corrected chi connectivity index (χ1v) is 7.10. The van der Waals surface area contributed by atoms with E-state index in [0.29, 0.717) is 0 Å². The lowest BCUT2D eigenvalue weighted by Crippen LogP contribution is -2.26. The second-order valence-corrected chi connectivity index (χ2v) is 5.48. The summed E-state index contributed by atoms with van der Waals surface area (Å²) in [7, 11) is 3.03. The Bertz CT molecular complexity index is 758. The molecule has 0 fully saturated rings. The summed E-state index contributed by atoms with van der Waals surface area (Å²) in [6, 6.07) is 6.16. The quantitative estimate of drug-likeness (QED) is 0.677. The van der Waals surface area contributed by atoms with Crippen molar-refractivity contribution in [1.29, 1.82) is 0 Å². The summed E-state index contributed by atoms with van der Waals surface area (Å²) >= 11 is 0.731. The van der Waals surface area contributed by atoms with Gasteiger partial charge in [-0.3, -0.25) is 20.2 Å². The van der Waals surface area contributed by atoms with E-state index in [-0.39, 0.29) is 21.4 Å². The molecular formula is C13H12N4O5S. The number of nitrogens with one attached hydrogen (secondary N) is 1. The molecule has 1 aromatic carbocycles. The van der Waals surface area contributed by atoms with Gasteiger partial charge < -0.3 is 9.64 Å². The molecule has 2 rings (SSSR count). The zero-order valence-corrected chi connectivity index (χ0v) is 13.0. The Kier molecular flexibility index (Phi) is 4.86. The number of hydrogen-bond acceptors (Lipinski definition) is 7. The Morgan fingerprint density at radius 2 is 2.04 bits per heavy atom. The van der Waals surface area contributed by atoms with E-state index in [2.05, 4.69) is 10.3 Å². The van der Waals surface area contributed by atoms with E-state index in [1.807, 2.05) is 0 Å². The Morgan fingerprint density at radius 1 is 1.35 bits per heavy atom. The number of carbonyl (C=O) groups excluding carboxylic acids is 2. The van der Waals surface area contributed by atoms with Gasteiger partial charge in [-0.2, -0.15) is 0 Å². The van der Waals surface area contributed by atoms with Crippen molar-refractivity contribution in [3.63, 3.8) is 0 Å². The van der Waals surface area contributed by atoms with E-state index in [4.69, 9.17) is 4.74 Å². The molecule has 0 unspecified atom stereocenters. The zero-order chi connectivity index (χ0) is 17.0. The van der Waals surface area contributed by atoms with Crippen LogP contribution in [0, 0.1) is 10.1 Å². The third-order valence-electron chi connectivity index (χ3n) is 2.59. The minimum atomic E-state index is -0.630. The van der Waals surface area contributed by atoms with Gasteiger partial charge in [0.2, 0.25) is 0 Å². The van der Waals surface area contributed by atoms with Gasteiger partial charge in [-0.1, -0.05) is 12.1 Å². The number of benzene rings is 1. The van der Waals surface area contributed by atoms with Gasteiger partial charge in [0.05, 0.1) is 10.5 Å². The maximum Gasteiger partial charge on any atom is 0.414 e. The summed E-state index contributed by atoms with van der Waals surface area (Å²) in [6.45, 7) is 0. The Hall–Kier alpha value is -3.01. The summed E-state index contributed by atoms with van der Waals surface area (Å²) in [5.74, 6) is -0.508. The molecule has 0 saturated carbocycles. The van der Waals surface area contributed by atoms with E-state index in [1.165, 1.54) is 31.1 Å². The number of rotatable bonds is 4. The number of aromatic nitrogens is 1. The number of thiazole rings is 1. The predicted molar refractivity (Wildman–Crippen MR) is 82.9 cm³/mol. The lowest BCUT2D eigenvalue weighted by Gasteiger charge is -2.13. The molecule has 1 N–H and O–H groups in total. The third-order valence-corrected chi connectivity index (χ3v) is 3.45. The fraction of sp³-hybridized carbons (Fsp3) is 0.154. The van der Waals surface area contributed by atoms with E-state index < -0.39 is 16.9 Å². The van der Waals surface area contributed by atoms with Gasteiger partial charge >= 0.3 is 11.1 Å². The molecule has 9 nitrogen and oxygen atoms in total. The Morgan fingerprint density at radius 3 is 2.65 bits per heavy atom. The second kappa shape index (κ2) is 6.83. The lowest BCUT2D eigenvalue weighted by molar-refractivity contribution is -0.380. The van der Waals surface area contributed by atoms with Crippen LogP contribution in [0.15, 0.2) is 30.5 Å². The highest BCUT2D eigenvalue weighted by Crippen LogP contribution is 2.26. The van der Waals surface area contributed by atoms with Crippen molar-refractivity contribution in [1.82, 2.24) is 9.88 Å². The highest BCUT2D eigenvalue weighted by Gasteiger charge is 2.18. The minimum Gasteiger partial charge on any atom is -0.409 e. The average molecular weight is 336 g/mol. The van der Waals surface area contributed by atoms with Crippen LogP contribution in [0.3, 0.4) is 0 Å². The topological polar surface area (TPSA) is 115 Å². The number of anilines is 1.